The molecule has 0 saturated carbocycles. The number of aromatic nitrogens is 2. The lowest BCUT2D eigenvalue weighted by Gasteiger charge is -2.32. The van der Waals surface area contributed by atoms with E-state index in [0.717, 1.165) is 81.2 Å². The van der Waals surface area contributed by atoms with Gasteiger partial charge in [-0.2, -0.15) is 0 Å². The van der Waals surface area contributed by atoms with Crippen LogP contribution in [0.25, 0.3) is 0 Å². The second kappa shape index (κ2) is 10.3. The smallest absolute Gasteiger partial charge is 0.260 e. The quantitative estimate of drug-likeness (QED) is 0.719. The number of likely N-dealkylation sites (tertiary alicyclic amines) is 2. The molecule has 0 bridgehead atoms. The summed E-state index contributed by atoms with van der Waals surface area (Å²) in [5, 5.41) is 0. The molecule has 0 unspecified atom stereocenters. The molecule has 2 aromatic rings. The van der Waals surface area contributed by atoms with Crippen LogP contribution in [0.4, 0.5) is 0 Å². The number of nitrogens with zero attached hydrogens (tertiary/aromatic N) is 3. The van der Waals surface area contributed by atoms with Crippen LogP contribution in [-0.2, 0) is 17.8 Å². The van der Waals surface area contributed by atoms with Crippen molar-refractivity contribution in [3.63, 3.8) is 0 Å². The van der Waals surface area contributed by atoms with E-state index in [-0.39, 0.29) is 24.0 Å². The molecule has 1 N–H and O–H groups in total. The number of aryl methyl sites for hydroxylation is 1. The van der Waals surface area contributed by atoms with Crippen molar-refractivity contribution in [2.45, 2.75) is 58.4 Å². The Hall–Kier alpha value is -2.67. The highest BCUT2D eigenvalue weighted by molar-refractivity contribution is 5.78. The Kier molecular flexibility index (Phi) is 7.25. The SMILES string of the molecule is CCc1c(C)nc([C@@H]2CCCN(Cc3ccc(OCC(=O)N4CCCC4)cc3)C2)[nH]c1=O. The van der Waals surface area contributed by atoms with Crippen LogP contribution >= 0.6 is 0 Å². The summed E-state index contributed by atoms with van der Waals surface area (Å²) in [7, 11) is 0. The van der Waals surface area contributed by atoms with E-state index in [1.165, 1.54) is 5.56 Å². The van der Waals surface area contributed by atoms with Crippen molar-refractivity contribution < 1.29 is 9.53 Å². The van der Waals surface area contributed by atoms with E-state index in [4.69, 9.17) is 9.72 Å². The van der Waals surface area contributed by atoms with Gasteiger partial charge in [0.15, 0.2) is 6.61 Å². The Morgan fingerprint density at radius 2 is 1.91 bits per heavy atom. The largest absolute Gasteiger partial charge is 0.484 e. The molecule has 1 aromatic carbocycles. The van der Waals surface area contributed by atoms with Crippen LogP contribution in [0.3, 0.4) is 0 Å². The molecule has 2 saturated heterocycles. The average Bonchev–Trinajstić information content (AvgIpc) is 3.34. The number of amides is 1. The molecule has 7 heteroatoms. The van der Waals surface area contributed by atoms with Gasteiger partial charge in [-0.05, 0) is 63.3 Å². The Labute approximate surface area is 189 Å². The first-order valence-corrected chi connectivity index (χ1v) is 11.8. The second-order valence-electron chi connectivity index (χ2n) is 8.96. The fourth-order valence-corrected chi connectivity index (χ4v) is 4.82. The summed E-state index contributed by atoms with van der Waals surface area (Å²) < 4.78 is 5.69. The number of carbonyl (C=O) groups excluding carboxylic acids is 1. The lowest BCUT2D eigenvalue weighted by Crippen LogP contribution is -2.35. The third kappa shape index (κ3) is 5.38. The summed E-state index contributed by atoms with van der Waals surface area (Å²) in [6, 6.07) is 8.03. The number of ether oxygens (including phenoxy) is 1. The molecule has 1 atom stereocenters. The topological polar surface area (TPSA) is 78.5 Å². The first kappa shape index (κ1) is 22.5. The van der Waals surface area contributed by atoms with E-state index >= 15 is 0 Å². The number of hydrogen-bond acceptors (Lipinski definition) is 5. The van der Waals surface area contributed by atoms with Crippen LogP contribution in [0, 0.1) is 6.92 Å². The average molecular weight is 439 g/mol. The number of nitrogens with one attached hydrogen (secondary N) is 1. The van der Waals surface area contributed by atoms with Crippen molar-refractivity contribution >= 4 is 5.91 Å². The maximum absolute atomic E-state index is 12.4. The number of rotatable bonds is 7. The molecule has 1 aromatic heterocycles. The number of benzene rings is 1. The number of aromatic amines is 1. The summed E-state index contributed by atoms with van der Waals surface area (Å²) in [6.07, 6.45) is 5.02. The van der Waals surface area contributed by atoms with Crippen molar-refractivity contribution in [1.82, 2.24) is 19.8 Å². The highest BCUT2D eigenvalue weighted by Crippen LogP contribution is 2.26. The third-order valence-corrected chi connectivity index (χ3v) is 6.64. The summed E-state index contributed by atoms with van der Waals surface area (Å²) in [5.74, 6) is 1.87. The van der Waals surface area contributed by atoms with Crippen molar-refractivity contribution in [2.24, 2.45) is 0 Å². The Bertz CT molecular complexity index is 980. The molecule has 2 fully saturated rings. The Balaban J connectivity index is 1.32. The van der Waals surface area contributed by atoms with E-state index in [1.807, 2.05) is 30.9 Å². The van der Waals surface area contributed by atoms with Crippen LogP contribution in [0.5, 0.6) is 5.75 Å². The zero-order valence-corrected chi connectivity index (χ0v) is 19.2. The van der Waals surface area contributed by atoms with Gasteiger partial charge in [-0.15, -0.1) is 0 Å². The Morgan fingerprint density at radius 3 is 2.59 bits per heavy atom. The Morgan fingerprint density at radius 1 is 1.16 bits per heavy atom. The standard InChI is InChI=1S/C25H34N4O3/c1-3-22-18(2)26-24(27-25(22)31)20-7-6-12-28(16-20)15-19-8-10-21(11-9-19)32-17-23(30)29-13-4-5-14-29/h8-11,20H,3-7,12-17H2,1-2H3,(H,26,27,31)/t20-/m1/s1. The van der Waals surface area contributed by atoms with Gasteiger partial charge >= 0.3 is 0 Å². The zero-order chi connectivity index (χ0) is 22.5. The van der Waals surface area contributed by atoms with E-state index in [0.29, 0.717) is 6.42 Å². The highest BCUT2D eigenvalue weighted by atomic mass is 16.5. The van der Waals surface area contributed by atoms with Crippen LogP contribution in [-0.4, -0.2) is 58.5 Å². The third-order valence-electron chi connectivity index (χ3n) is 6.64. The maximum Gasteiger partial charge on any atom is 0.260 e. The molecule has 1 amide bonds. The van der Waals surface area contributed by atoms with Crippen LogP contribution in [0.1, 0.15) is 61.2 Å². The summed E-state index contributed by atoms with van der Waals surface area (Å²) >= 11 is 0. The van der Waals surface area contributed by atoms with Crippen molar-refractivity contribution in [1.29, 1.82) is 0 Å². The van der Waals surface area contributed by atoms with Gasteiger partial charge in [0.1, 0.15) is 11.6 Å². The van der Waals surface area contributed by atoms with E-state index in [9.17, 15) is 9.59 Å². The lowest BCUT2D eigenvalue weighted by atomic mass is 9.96. The first-order chi connectivity index (χ1) is 15.5. The summed E-state index contributed by atoms with van der Waals surface area (Å²) in [4.78, 5) is 36.5. The molecule has 0 radical (unpaired) electrons. The summed E-state index contributed by atoms with van der Waals surface area (Å²) in [5.41, 5.74) is 2.85. The number of H-pyrrole nitrogens is 1. The predicted octanol–water partition coefficient (Wildman–Crippen LogP) is 3.02. The van der Waals surface area contributed by atoms with Crippen LogP contribution in [0.15, 0.2) is 29.1 Å². The van der Waals surface area contributed by atoms with Crippen molar-refractivity contribution in [3.8, 4) is 5.75 Å². The van der Waals surface area contributed by atoms with Gasteiger partial charge in [0.25, 0.3) is 11.5 Å². The number of carbonyl (C=O) groups is 1. The molecule has 2 aliphatic heterocycles. The second-order valence-corrected chi connectivity index (χ2v) is 8.96. The van der Waals surface area contributed by atoms with Crippen LogP contribution in [0.2, 0.25) is 0 Å². The van der Waals surface area contributed by atoms with Crippen LogP contribution < -0.4 is 10.3 Å². The van der Waals surface area contributed by atoms with Gasteiger partial charge in [0, 0.05) is 43.4 Å². The fraction of sp³-hybridized carbons (Fsp3) is 0.560. The lowest BCUT2D eigenvalue weighted by molar-refractivity contribution is -0.132. The molecular weight excluding hydrogens is 404 g/mol. The first-order valence-electron chi connectivity index (χ1n) is 11.8. The van der Waals surface area contributed by atoms with Gasteiger partial charge in [-0.3, -0.25) is 14.5 Å². The molecule has 0 aliphatic carbocycles. The van der Waals surface area contributed by atoms with E-state index in [2.05, 4.69) is 22.0 Å². The molecule has 0 spiro atoms. The molecule has 4 rings (SSSR count). The minimum Gasteiger partial charge on any atom is -0.484 e. The summed E-state index contributed by atoms with van der Waals surface area (Å²) in [6.45, 7) is 8.50. The van der Waals surface area contributed by atoms with E-state index in [1.54, 1.807) is 0 Å². The molecule has 172 valence electrons. The molecule has 32 heavy (non-hydrogen) atoms. The maximum atomic E-state index is 12.4. The fourth-order valence-electron chi connectivity index (χ4n) is 4.82. The zero-order valence-electron chi connectivity index (χ0n) is 19.2. The highest BCUT2D eigenvalue weighted by Gasteiger charge is 2.24. The molecule has 3 heterocycles. The number of hydrogen-bond donors (Lipinski definition) is 1. The predicted molar refractivity (Wildman–Crippen MR) is 124 cm³/mol. The molecule has 2 aliphatic rings. The minimum atomic E-state index is 0.00549. The normalized spacial score (nSPS) is 19.3. The van der Waals surface area contributed by atoms with Gasteiger partial charge in [-0.25, -0.2) is 4.98 Å². The monoisotopic (exact) mass is 438 g/mol. The van der Waals surface area contributed by atoms with Gasteiger partial charge in [0.05, 0.1) is 0 Å². The molecular formula is C25H34N4O3. The van der Waals surface area contributed by atoms with E-state index < -0.39 is 0 Å². The van der Waals surface area contributed by atoms with Crippen molar-refractivity contribution in [2.75, 3.05) is 32.8 Å². The minimum absolute atomic E-state index is 0.00549. The van der Waals surface area contributed by atoms with Gasteiger partial charge in [-0.1, -0.05) is 19.1 Å². The number of piperidine rings is 1. The molecule has 7 nitrogen and oxygen atoms in total. The van der Waals surface area contributed by atoms with Gasteiger partial charge < -0.3 is 14.6 Å². The van der Waals surface area contributed by atoms with Crippen molar-refractivity contribution in [3.05, 3.63) is 57.3 Å². The van der Waals surface area contributed by atoms with Gasteiger partial charge in [0.2, 0.25) is 0 Å².